The first-order chi connectivity index (χ1) is 9.67. The van der Waals surface area contributed by atoms with Gasteiger partial charge in [-0.3, -0.25) is 5.10 Å². The van der Waals surface area contributed by atoms with E-state index in [1.165, 1.54) is 6.07 Å². The average molecular weight is 272 g/mol. The zero-order valence-corrected chi connectivity index (χ0v) is 11.0. The monoisotopic (exact) mass is 272 g/mol. The van der Waals surface area contributed by atoms with Crippen LogP contribution in [0.1, 0.15) is 5.56 Å². The number of aromatic amines is 1. The molecule has 0 saturated carbocycles. The first kappa shape index (κ1) is 12.3. The Balaban J connectivity index is 2.04. The van der Waals surface area contributed by atoms with Crippen molar-refractivity contribution in [3.63, 3.8) is 0 Å². The molecule has 1 aromatic carbocycles. The molecule has 2 aromatic heterocycles. The Labute approximate surface area is 114 Å². The molecule has 0 aliphatic rings. The fourth-order valence-electron chi connectivity index (χ4n) is 1.85. The van der Waals surface area contributed by atoms with Crippen LogP contribution in [0.5, 0.6) is 0 Å². The van der Waals surface area contributed by atoms with Crippen LogP contribution in [0.15, 0.2) is 24.4 Å². The van der Waals surface area contributed by atoms with Crippen LogP contribution < -0.4 is 10.6 Å². The molecule has 102 valence electrons. The molecule has 0 aliphatic heterocycles. The number of nitrogens with zero attached hydrogens (tertiary/aromatic N) is 3. The highest BCUT2D eigenvalue weighted by Gasteiger charge is 2.09. The van der Waals surface area contributed by atoms with Crippen molar-refractivity contribution in [3.8, 4) is 0 Å². The Bertz CT molecular complexity index is 767. The minimum absolute atomic E-state index is 0.263. The summed E-state index contributed by atoms with van der Waals surface area (Å²) in [6.45, 7) is 1.72. The van der Waals surface area contributed by atoms with Gasteiger partial charge in [0.25, 0.3) is 0 Å². The third kappa shape index (κ3) is 2.13. The zero-order valence-electron chi connectivity index (χ0n) is 11.0. The molecule has 2 heterocycles. The predicted octanol–water partition coefficient (Wildman–Crippen LogP) is 2.59. The van der Waals surface area contributed by atoms with Gasteiger partial charge in [-0.1, -0.05) is 6.07 Å². The fraction of sp³-hybridized carbons (Fsp3) is 0.154. The minimum atomic E-state index is -0.263. The van der Waals surface area contributed by atoms with E-state index in [4.69, 9.17) is 0 Å². The summed E-state index contributed by atoms with van der Waals surface area (Å²) < 4.78 is 13.6. The Morgan fingerprint density at radius 1 is 1.25 bits per heavy atom. The van der Waals surface area contributed by atoms with E-state index in [2.05, 4.69) is 30.8 Å². The molecule has 7 heteroatoms. The number of aryl methyl sites for hydroxylation is 1. The standard InChI is InChI=1S/C13H13FN6/c1-7-3-4-8(5-10(7)14)17-11-9-6-16-20-12(9)19-13(15-2)18-11/h3-6H,1-2H3,(H3,15,16,17,18,19,20). The molecule has 0 amide bonds. The van der Waals surface area contributed by atoms with Crippen LogP contribution in [-0.4, -0.2) is 27.2 Å². The van der Waals surface area contributed by atoms with Crippen LogP contribution in [0.25, 0.3) is 11.0 Å². The van der Waals surface area contributed by atoms with Gasteiger partial charge in [-0.2, -0.15) is 15.1 Å². The van der Waals surface area contributed by atoms with Crippen molar-refractivity contribution in [2.45, 2.75) is 6.92 Å². The molecule has 6 nitrogen and oxygen atoms in total. The molecule has 0 fully saturated rings. The van der Waals surface area contributed by atoms with Gasteiger partial charge in [0.1, 0.15) is 11.6 Å². The summed E-state index contributed by atoms with van der Waals surface area (Å²) in [4.78, 5) is 8.56. The molecule has 0 unspecified atom stereocenters. The smallest absolute Gasteiger partial charge is 0.226 e. The highest BCUT2D eigenvalue weighted by atomic mass is 19.1. The number of aromatic nitrogens is 4. The normalized spacial score (nSPS) is 10.8. The molecule has 3 rings (SSSR count). The molecule has 0 radical (unpaired) electrons. The van der Waals surface area contributed by atoms with Crippen LogP contribution in [0.3, 0.4) is 0 Å². The zero-order chi connectivity index (χ0) is 14.1. The van der Waals surface area contributed by atoms with Gasteiger partial charge in [0.15, 0.2) is 5.65 Å². The SMILES string of the molecule is CNc1nc(Nc2ccc(C)c(F)c2)c2cn[nH]c2n1. The Morgan fingerprint density at radius 3 is 2.85 bits per heavy atom. The Hall–Kier alpha value is -2.70. The second kappa shape index (κ2) is 4.76. The summed E-state index contributed by atoms with van der Waals surface area (Å²) in [5.41, 5.74) is 1.83. The number of H-pyrrole nitrogens is 1. The molecule has 3 N–H and O–H groups in total. The van der Waals surface area contributed by atoms with Gasteiger partial charge in [-0.05, 0) is 24.6 Å². The number of fused-ring (bicyclic) bond motifs is 1. The summed E-state index contributed by atoms with van der Waals surface area (Å²) in [5.74, 6) is 0.759. The molecular weight excluding hydrogens is 259 g/mol. The van der Waals surface area contributed by atoms with Crippen molar-refractivity contribution >= 4 is 28.5 Å². The minimum Gasteiger partial charge on any atom is -0.357 e. The fourth-order valence-corrected chi connectivity index (χ4v) is 1.85. The summed E-state index contributed by atoms with van der Waals surface area (Å²) in [6.07, 6.45) is 1.63. The van der Waals surface area contributed by atoms with Crippen LogP contribution in [0.2, 0.25) is 0 Å². The van der Waals surface area contributed by atoms with Gasteiger partial charge >= 0.3 is 0 Å². The Morgan fingerprint density at radius 2 is 2.10 bits per heavy atom. The van der Waals surface area contributed by atoms with Crippen LogP contribution >= 0.6 is 0 Å². The lowest BCUT2D eigenvalue weighted by Gasteiger charge is -2.09. The van der Waals surface area contributed by atoms with E-state index in [-0.39, 0.29) is 5.82 Å². The summed E-state index contributed by atoms with van der Waals surface area (Å²) in [7, 11) is 1.73. The lowest BCUT2D eigenvalue weighted by atomic mass is 10.2. The molecular formula is C13H13FN6. The van der Waals surface area contributed by atoms with Gasteiger partial charge in [0.2, 0.25) is 5.95 Å². The van der Waals surface area contributed by atoms with E-state index in [1.54, 1.807) is 32.3 Å². The predicted molar refractivity (Wildman–Crippen MR) is 75.7 cm³/mol. The number of halogens is 1. The third-order valence-corrected chi connectivity index (χ3v) is 2.97. The van der Waals surface area contributed by atoms with E-state index >= 15 is 0 Å². The topological polar surface area (TPSA) is 78.5 Å². The first-order valence-electron chi connectivity index (χ1n) is 6.09. The van der Waals surface area contributed by atoms with Crippen molar-refractivity contribution in [2.75, 3.05) is 17.7 Å². The highest BCUT2D eigenvalue weighted by Crippen LogP contribution is 2.24. The molecule has 0 aliphatic carbocycles. The maximum absolute atomic E-state index is 13.6. The van der Waals surface area contributed by atoms with E-state index in [9.17, 15) is 4.39 Å². The second-order valence-corrected chi connectivity index (χ2v) is 4.37. The average Bonchev–Trinajstić information content (AvgIpc) is 2.91. The van der Waals surface area contributed by atoms with Crippen LogP contribution in [0, 0.1) is 12.7 Å². The number of benzene rings is 1. The molecule has 3 aromatic rings. The third-order valence-electron chi connectivity index (χ3n) is 2.97. The van der Waals surface area contributed by atoms with Crippen LogP contribution in [0.4, 0.5) is 21.8 Å². The van der Waals surface area contributed by atoms with Gasteiger partial charge in [-0.25, -0.2) is 4.39 Å². The van der Waals surface area contributed by atoms with Gasteiger partial charge in [0.05, 0.1) is 11.6 Å². The lowest BCUT2D eigenvalue weighted by Crippen LogP contribution is -2.01. The molecule has 0 atom stereocenters. The van der Waals surface area contributed by atoms with E-state index in [0.29, 0.717) is 28.7 Å². The number of nitrogens with one attached hydrogen (secondary N) is 3. The number of rotatable bonds is 3. The number of hydrogen-bond donors (Lipinski definition) is 3. The maximum atomic E-state index is 13.6. The van der Waals surface area contributed by atoms with E-state index in [0.717, 1.165) is 5.39 Å². The van der Waals surface area contributed by atoms with Crippen molar-refractivity contribution in [2.24, 2.45) is 0 Å². The summed E-state index contributed by atoms with van der Waals surface area (Å²) in [5, 5.41) is 13.4. The number of hydrogen-bond acceptors (Lipinski definition) is 5. The quantitative estimate of drug-likeness (QED) is 0.683. The van der Waals surface area contributed by atoms with Crippen molar-refractivity contribution in [1.29, 1.82) is 0 Å². The van der Waals surface area contributed by atoms with Crippen molar-refractivity contribution in [1.82, 2.24) is 20.2 Å². The van der Waals surface area contributed by atoms with E-state index < -0.39 is 0 Å². The summed E-state index contributed by atoms with van der Waals surface area (Å²) in [6, 6.07) is 4.94. The molecule has 0 spiro atoms. The van der Waals surface area contributed by atoms with Gasteiger partial charge in [0, 0.05) is 12.7 Å². The lowest BCUT2D eigenvalue weighted by molar-refractivity contribution is 0.619. The van der Waals surface area contributed by atoms with Gasteiger partial charge in [-0.15, -0.1) is 0 Å². The van der Waals surface area contributed by atoms with Gasteiger partial charge < -0.3 is 10.6 Å². The first-order valence-corrected chi connectivity index (χ1v) is 6.09. The summed E-state index contributed by atoms with van der Waals surface area (Å²) >= 11 is 0. The Kier molecular flexibility index (Phi) is 2.94. The second-order valence-electron chi connectivity index (χ2n) is 4.37. The van der Waals surface area contributed by atoms with E-state index in [1.807, 2.05) is 0 Å². The molecule has 0 bridgehead atoms. The number of anilines is 3. The molecule has 20 heavy (non-hydrogen) atoms. The van der Waals surface area contributed by atoms with Crippen molar-refractivity contribution < 1.29 is 4.39 Å². The van der Waals surface area contributed by atoms with Crippen LogP contribution in [-0.2, 0) is 0 Å². The molecule has 0 saturated heterocycles. The highest BCUT2D eigenvalue weighted by molar-refractivity contribution is 5.89. The largest absolute Gasteiger partial charge is 0.357 e. The van der Waals surface area contributed by atoms with Crippen molar-refractivity contribution in [3.05, 3.63) is 35.8 Å². The maximum Gasteiger partial charge on any atom is 0.226 e.